The molecule has 4 heteroatoms. The van der Waals surface area contributed by atoms with E-state index in [1.807, 2.05) is 18.2 Å². The topological polar surface area (TPSA) is 38.7 Å². The van der Waals surface area contributed by atoms with Gasteiger partial charge in [0, 0.05) is 18.6 Å². The molecule has 0 radical (unpaired) electrons. The molecule has 0 aliphatic carbocycles. The van der Waals surface area contributed by atoms with E-state index in [1.54, 1.807) is 18.6 Å². The second kappa shape index (κ2) is 3.49. The highest BCUT2D eigenvalue weighted by Crippen LogP contribution is 2.11. The maximum absolute atomic E-state index is 5.65. The molecule has 0 amide bonds. The Kier molecular flexibility index (Phi) is 2.19. The maximum Gasteiger partial charge on any atom is 0.178 e. The normalized spacial score (nSPS) is 9.92. The van der Waals surface area contributed by atoms with Crippen LogP contribution in [0.5, 0.6) is 0 Å². The van der Waals surface area contributed by atoms with Crippen LogP contribution in [0.4, 0.5) is 0 Å². The molecule has 0 spiro atoms. The monoisotopic (exact) mass is 191 g/mol. The predicted octanol–water partition coefficient (Wildman–Crippen LogP) is 2.19. The lowest BCUT2D eigenvalue weighted by Gasteiger charge is -1.96. The van der Waals surface area contributed by atoms with E-state index in [1.165, 1.54) is 0 Å². The van der Waals surface area contributed by atoms with Gasteiger partial charge in [0.25, 0.3) is 0 Å². The summed E-state index contributed by atoms with van der Waals surface area (Å²) in [5, 5.41) is 0.527. The third kappa shape index (κ3) is 1.81. The molecule has 0 bridgehead atoms. The zero-order valence-electron chi connectivity index (χ0n) is 6.68. The molecule has 0 saturated heterocycles. The lowest BCUT2D eigenvalue weighted by atomic mass is 10.3. The van der Waals surface area contributed by atoms with Crippen molar-refractivity contribution in [2.24, 2.45) is 0 Å². The zero-order valence-corrected chi connectivity index (χ0v) is 7.44. The van der Waals surface area contributed by atoms with Crippen molar-refractivity contribution >= 4 is 11.6 Å². The fourth-order valence-electron chi connectivity index (χ4n) is 0.940. The van der Waals surface area contributed by atoms with Crippen LogP contribution >= 0.6 is 11.6 Å². The Morgan fingerprint density at radius 1 is 1.00 bits per heavy atom. The summed E-state index contributed by atoms with van der Waals surface area (Å²) in [5.74, 6) is 0.588. The molecule has 0 aliphatic heterocycles. The summed E-state index contributed by atoms with van der Waals surface area (Å²) >= 11 is 5.65. The third-order valence-corrected chi connectivity index (χ3v) is 1.71. The highest BCUT2D eigenvalue weighted by Gasteiger charge is 1.99. The fraction of sp³-hybridized carbons (Fsp3) is 0. The predicted molar refractivity (Wildman–Crippen MR) is 50.3 cm³/mol. The summed E-state index contributed by atoms with van der Waals surface area (Å²) in [5.41, 5.74) is 0.749. The van der Waals surface area contributed by atoms with E-state index in [-0.39, 0.29) is 0 Å². The van der Waals surface area contributed by atoms with Gasteiger partial charge in [0.05, 0.1) is 5.02 Å². The lowest BCUT2D eigenvalue weighted by Crippen LogP contribution is -1.89. The molecule has 2 heterocycles. The van der Waals surface area contributed by atoms with Crippen LogP contribution in [0, 0.1) is 0 Å². The van der Waals surface area contributed by atoms with Crippen LogP contribution in [-0.4, -0.2) is 15.0 Å². The van der Waals surface area contributed by atoms with Gasteiger partial charge in [0.1, 0.15) is 5.69 Å². The Hall–Kier alpha value is -1.48. The minimum atomic E-state index is 0.527. The third-order valence-electron chi connectivity index (χ3n) is 1.51. The van der Waals surface area contributed by atoms with Crippen molar-refractivity contribution in [2.75, 3.05) is 0 Å². The molecule has 13 heavy (non-hydrogen) atoms. The van der Waals surface area contributed by atoms with Crippen LogP contribution in [-0.2, 0) is 0 Å². The van der Waals surface area contributed by atoms with Crippen molar-refractivity contribution in [3.05, 3.63) is 41.8 Å². The van der Waals surface area contributed by atoms with Crippen LogP contribution in [0.2, 0.25) is 5.02 Å². The van der Waals surface area contributed by atoms with E-state index in [4.69, 9.17) is 11.6 Å². The first-order valence-corrected chi connectivity index (χ1v) is 4.13. The van der Waals surface area contributed by atoms with Crippen molar-refractivity contribution in [3.8, 4) is 11.5 Å². The lowest BCUT2D eigenvalue weighted by molar-refractivity contribution is 1.14. The average molecular weight is 192 g/mol. The Morgan fingerprint density at radius 3 is 2.38 bits per heavy atom. The van der Waals surface area contributed by atoms with Crippen LogP contribution in [0.1, 0.15) is 0 Å². The van der Waals surface area contributed by atoms with E-state index in [9.17, 15) is 0 Å². The fourth-order valence-corrected chi connectivity index (χ4v) is 1.04. The Morgan fingerprint density at radius 2 is 1.77 bits per heavy atom. The van der Waals surface area contributed by atoms with Crippen molar-refractivity contribution in [2.45, 2.75) is 0 Å². The summed E-state index contributed by atoms with van der Waals surface area (Å²) in [6.45, 7) is 0. The van der Waals surface area contributed by atoms with Crippen LogP contribution in [0.3, 0.4) is 0 Å². The van der Waals surface area contributed by atoms with E-state index in [0.29, 0.717) is 10.8 Å². The molecule has 0 aromatic carbocycles. The quantitative estimate of drug-likeness (QED) is 0.694. The Bertz CT molecular complexity index is 385. The Labute approximate surface area is 80.5 Å². The molecule has 0 fully saturated rings. The zero-order chi connectivity index (χ0) is 9.10. The first kappa shape index (κ1) is 8.13. The summed E-state index contributed by atoms with van der Waals surface area (Å²) in [6.07, 6.45) is 4.81. The van der Waals surface area contributed by atoms with Gasteiger partial charge in [-0.15, -0.1) is 0 Å². The molecule has 0 N–H and O–H groups in total. The molecule has 2 rings (SSSR count). The van der Waals surface area contributed by atoms with E-state index in [0.717, 1.165) is 5.69 Å². The van der Waals surface area contributed by atoms with Crippen LogP contribution in [0.25, 0.3) is 11.5 Å². The van der Waals surface area contributed by atoms with E-state index in [2.05, 4.69) is 15.0 Å². The number of nitrogens with zero attached hydrogens (tertiary/aromatic N) is 3. The average Bonchev–Trinajstić information content (AvgIpc) is 2.20. The number of hydrogen-bond donors (Lipinski definition) is 0. The maximum atomic E-state index is 5.65. The van der Waals surface area contributed by atoms with Crippen molar-refractivity contribution < 1.29 is 0 Å². The van der Waals surface area contributed by atoms with Gasteiger partial charge in [-0.05, 0) is 12.1 Å². The molecule has 0 aliphatic rings. The number of hydrogen-bond acceptors (Lipinski definition) is 3. The molecule has 2 aromatic rings. The molecular formula is C9H6ClN3. The summed E-state index contributed by atoms with van der Waals surface area (Å²) in [4.78, 5) is 12.2. The molecule has 0 saturated carbocycles. The number of rotatable bonds is 1. The van der Waals surface area contributed by atoms with E-state index >= 15 is 0 Å². The standard InChI is InChI=1S/C9H6ClN3/c10-7-5-12-9(13-6-7)8-3-1-2-4-11-8/h1-6H. The highest BCUT2D eigenvalue weighted by molar-refractivity contribution is 6.30. The first-order chi connectivity index (χ1) is 6.36. The first-order valence-electron chi connectivity index (χ1n) is 3.75. The van der Waals surface area contributed by atoms with Gasteiger partial charge >= 0.3 is 0 Å². The molecular weight excluding hydrogens is 186 g/mol. The van der Waals surface area contributed by atoms with Gasteiger partial charge in [0.15, 0.2) is 5.82 Å². The molecule has 2 aromatic heterocycles. The molecule has 0 atom stereocenters. The minimum absolute atomic E-state index is 0.527. The van der Waals surface area contributed by atoms with Crippen molar-refractivity contribution in [1.29, 1.82) is 0 Å². The second-order valence-corrected chi connectivity index (χ2v) is 2.88. The minimum Gasteiger partial charge on any atom is -0.253 e. The molecule has 0 unspecified atom stereocenters. The number of pyridine rings is 1. The van der Waals surface area contributed by atoms with E-state index < -0.39 is 0 Å². The van der Waals surface area contributed by atoms with Gasteiger partial charge in [-0.2, -0.15) is 0 Å². The highest BCUT2D eigenvalue weighted by atomic mass is 35.5. The second-order valence-electron chi connectivity index (χ2n) is 2.44. The summed E-state index contributed by atoms with van der Waals surface area (Å²) in [6, 6.07) is 5.59. The van der Waals surface area contributed by atoms with Gasteiger partial charge in [0.2, 0.25) is 0 Å². The Balaban J connectivity index is 2.42. The van der Waals surface area contributed by atoms with Gasteiger partial charge < -0.3 is 0 Å². The molecule has 64 valence electrons. The summed E-state index contributed by atoms with van der Waals surface area (Å²) < 4.78 is 0. The summed E-state index contributed by atoms with van der Waals surface area (Å²) in [7, 11) is 0. The van der Waals surface area contributed by atoms with Crippen LogP contribution < -0.4 is 0 Å². The van der Waals surface area contributed by atoms with Gasteiger partial charge in [-0.25, -0.2) is 9.97 Å². The van der Waals surface area contributed by atoms with Crippen molar-refractivity contribution in [1.82, 2.24) is 15.0 Å². The van der Waals surface area contributed by atoms with Gasteiger partial charge in [-0.1, -0.05) is 17.7 Å². The number of aromatic nitrogens is 3. The van der Waals surface area contributed by atoms with Gasteiger partial charge in [-0.3, -0.25) is 4.98 Å². The molecule has 3 nitrogen and oxygen atoms in total. The van der Waals surface area contributed by atoms with Crippen LogP contribution in [0.15, 0.2) is 36.8 Å². The SMILES string of the molecule is Clc1cnc(-c2ccccn2)nc1. The number of halogens is 1. The van der Waals surface area contributed by atoms with Crippen molar-refractivity contribution in [3.63, 3.8) is 0 Å². The smallest absolute Gasteiger partial charge is 0.178 e. The largest absolute Gasteiger partial charge is 0.253 e.